The molecule has 0 saturated carbocycles. The van der Waals surface area contributed by atoms with E-state index in [1.807, 2.05) is 20.0 Å². The lowest BCUT2D eigenvalue weighted by molar-refractivity contribution is -0.124. The molecule has 0 aliphatic rings. The number of rotatable bonds is 5. The highest BCUT2D eigenvalue weighted by molar-refractivity contribution is 6.30. The molecule has 1 aromatic carbocycles. The van der Waals surface area contributed by atoms with Gasteiger partial charge in [0.1, 0.15) is 5.75 Å². The van der Waals surface area contributed by atoms with E-state index < -0.39 is 12.0 Å². The Morgan fingerprint density at radius 2 is 2.12 bits per heavy atom. The summed E-state index contributed by atoms with van der Waals surface area (Å²) in [6.45, 7) is 3.60. The minimum atomic E-state index is -0.668. The van der Waals surface area contributed by atoms with Crippen molar-refractivity contribution < 1.29 is 9.53 Å². The van der Waals surface area contributed by atoms with Crippen LogP contribution in [0.5, 0.6) is 5.75 Å². The van der Waals surface area contributed by atoms with Crippen LogP contribution in [0.25, 0.3) is 0 Å². The third-order valence-corrected chi connectivity index (χ3v) is 2.81. The summed E-state index contributed by atoms with van der Waals surface area (Å²) < 4.78 is 5.51. The van der Waals surface area contributed by atoms with E-state index in [0.717, 1.165) is 5.56 Å². The van der Waals surface area contributed by atoms with E-state index in [4.69, 9.17) is 22.1 Å². The standard InChI is InChI=1S/C12H17ClN2O2/c1-7(15-3)10-6-9(13)4-5-11(10)17-8(2)12(14)16/h4-8,15H,1-3H3,(H2,14,16). The molecular weight excluding hydrogens is 240 g/mol. The van der Waals surface area contributed by atoms with Crippen LogP contribution < -0.4 is 15.8 Å². The van der Waals surface area contributed by atoms with E-state index >= 15 is 0 Å². The Morgan fingerprint density at radius 3 is 2.65 bits per heavy atom. The smallest absolute Gasteiger partial charge is 0.258 e. The zero-order valence-corrected chi connectivity index (χ0v) is 10.9. The third kappa shape index (κ3) is 3.61. The molecule has 0 saturated heterocycles. The monoisotopic (exact) mass is 256 g/mol. The number of primary amides is 1. The third-order valence-electron chi connectivity index (χ3n) is 2.58. The Balaban J connectivity index is 3.02. The minimum Gasteiger partial charge on any atom is -0.481 e. The van der Waals surface area contributed by atoms with Crippen molar-refractivity contribution in [3.05, 3.63) is 28.8 Å². The van der Waals surface area contributed by atoms with Gasteiger partial charge in [0.15, 0.2) is 6.10 Å². The summed E-state index contributed by atoms with van der Waals surface area (Å²) in [7, 11) is 1.84. The van der Waals surface area contributed by atoms with Gasteiger partial charge >= 0.3 is 0 Å². The number of carbonyl (C=O) groups is 1. The predicted octanol–water partition coefficient (Wildman–Crippen LogP) is 1.87. The fourth-order valence-electron chi connectivity index (χ4n) is 1.37. The van der Waals surface area contributed by atoms with Gasteiger partial charge in [-0.2, -0.15) is 0 Å². The molecule has 2 atom stereocenters. The van der Waals surface area contributed by atoms with E-state index in [0.29, 0.717) is 10.8 Å². The van der Waals surface area contributed by atoms with Crippen LogP contribution in [-0.2, 0) is 4.79 Å². The lowest BCUT2D eigenvalue weighted by atomic mass is 10.1. The molecule has 0 aliphatic heterocycles. The molecule has 2 unspecified atom stereocenters. The van der Waals surface area contributed by atoms with E-state index in [2.05, 4.69) is 5.32 Å². The second kappa shape index (κ2) is 5.89. The number of ether oxygens (including phenoxy) is 1. The van der Waals surface area contributed by atoms with E-state index in [-0.39, 0.29) is 6.04 Å². The van der Waals surface area contributed by atoms with Gasteiger partial charge in [-0.1, -0.05) is 11.6 Å². The van der Waals surface area contributed by atoms with Crippen molar-refractivity contribution >= 4 is 17.5 Å². The van der Waals surface area contributed by atoms with Crippen molar-refractivity contribution in [2.45, 2.75) is 26.0 Å². The predicted molar refractivity (Wildman–Crippen MR) is 68.2 cm³/mol. The molecule has 0 heterocycles. The molecule has 1 aromatic rings. The Morgan fingerprint density at radius 1 is 1.47 bits per heavy atom. The van der Waals surface area contributed by atoms with Crippen LogP contribution in [0, 0.1) is 0 Å². The van der Waals surface area contributed by atoms with Gasteiger partial charge in [0, 0.05) is 16.6 Å². The van der Waals surface area contributed by atoms with Crippen LogP contribution in [0.4, 0.5) is 0 Å². The topological polar surface area (TPSA) is 64.3 Å². The second-order valence-electron chi connectivity index (χ2n) is 3.85. The number of hydrogen-bond donors (Lipinski definition) is 2. The Labute approximate surface area is 106 Å². The lowest BCUT2D eigenvalue weighted by Crippen LogP contribution is -2.31. The summed E-state index contributed by atoms with van der Waals surface area (Å²) in [5.41, 5.74) is 6.06. The summed E-state index contributed by atoms with van der Waals surface area (Å²) in [6, 6.07) is 5.34. The van der Waals surface area contributed by atoms with Gasteiger partial charge in [-0.25, -0.2) is 0 Å². The number of nitrogens with two attached hydrogens (primary N) is 1. The summed E-state index contributed by atoms with van der Waals surface area (Å²) in [6.07, 6.45) is -0.668. The fourth-order valence-corrected chi connectivity index (χ4v) is 1.55. The molecule has 0 aliphatic carbocycles. The van der Waals surface area contributed by atoms with E-state index in [1.54, 1.807) is 19.1 Å². The van der Waals surface area contributed by atoms with Gasteiger partial charge in [-0.3, -0.25) is 4.79 Å². The van der Waals surface area contributed by atoms with Crippen molar-refractivity contribution in [1.29, 1.82) is 0 Å². The molecule has 0 radical (unpaired) electrons. The molecule has 94 valence electrons. The molecule has 0 fully saturated rings. The molecule has 17 heavy (non-hydrogen) atoms. The summed E-state index contributed by atoms with van der Waals surface area (Å²) in [4.78, 5) is 11.0. The number of carbonyl (C=O) groups excluding carboxylic acids is 1. The number of amides is 1. The Hall–Kier alpha value is -1.26. The first-order chi connectivity index (χ1) is 7.95. The van der Waals surface area contributed by atoms with E-state index in [1.165, 1.54) is 0 Å². The number of halogens is 1. The van der Waals surface area contributed by atoms with Gasteiger partial charge in [0.05, 0.1) is 0 Å². The highest BCUT2D eigenvalue weighted by Gasteiger charge is 2.16. The van der Waals surface area contributed by atoms with Gasteiger partial charge in [0.2, 0.25) is 0 Å². The van der Waals surface area contributed by atoms with Gasteiger partial charge in [-0.05, 0) is 39.1 Å². The highest BCUT2D eigenvalue weighted by Crippen LogP contribution is 2.28. The molecule has 0 spiro atoms. The summed E-state index contributed by atoms with van der Waals surface area (Å²) in [5.74, 6) is 0.116. The number of nitrogens with one attached hydrogen (secondary N) is 1. The van der Waals surface area contributed by atoms with Crippen molar-refractivity contribution in [3.8, 4) is 5.75 Å². The van der Waals surface area contributed by atoms with Crippen LogP contribution in [-0.4, -0.2) is 19.1 Å². The first-order valence-corrected chi connectivity index (χ1v) is 5.76. The van der Waals surface area contributed by atoms with Gasteiger partial charge < -0.3 is 15.8 Å². The summed E-state index contributed by atoms with van der Waals surface area (Å²) in [5, 5.41) is 3.72. The Kier molecular flexibility index (Phi) is 4.78. The first-order valence-electron chi connectivity index (χ1n) is 5.38. The van der Waals surface area contributed by atoms with Gasteiger partial charge in [-0.15, -0.1) is 0 Å². The zero-order chi connectivity index (χ0) is 13.0. The van der Waals surface area contributed by atoms with Crippen LogP contribution >= 0.6 is 11.6 Å². The minimum absolute atomic E-state index is 0.0729. The SMILES string of the molecule is CNC(C)c1cc(Cl)ccc1OC(C)C(N)=O. The molecule has 5 heteroatoms. The zero-order valence-electron chi connectivity index (χ0n) is 10.2. The van der Waals surface area contributed by atoms with Crippen LogP contribution in [0.15, 0.2) is 18.2 Å². The highest BCUT2D eigenvalue weighted by atomic mass is 35.5. The number of hydrogen-bond acceptors (Lipinski definition) is 3. The maximum absolute atomic E-state index is 11.0. The maximum atomic E-state index is 11.0. The molecule has 1 amide bonds. The van der Waals surface area contributed by atoms with Crippen molar-refractivity contribution in [2.24, 2.45) is 5.73 Å². The fraction of sp³-hybridized carbons (Fsp3) is 0.417. The largest absolute Gasteiger partial charge is 0.481 e. The average molecular weight is 257 g/mol. The maximum Gasteiger partial charge on any atom is 0.258 e. The average Bonchev–Trinajstić information content (AvgIpc) is 2.30. The molecule has 3 N–H and O–H groups in total. The molecule has 0 bridgehead atoms. The quantitative estimate of drug-likeness (QED) is 0.845. The second-order valence-corrected chi connectivity index (χ2v) is 4.29. The van der Waals surface area contributed by atoms with Gasteiger partial charge in [0.25, 0.3) is 5.91 Å². The first kappa shape index (κ1) is 13.8. The lowest BCUT2D eigenvalue weighted by Gasteiger charge is -2.19. The van der Waals surface area contributed by atoms with Crippen LogP contribution in [0.2, 0.25) is 5.02 Å². The molecular formula is C12H17ClN2O2. The van der Waals surface area contributed by atoms with E-state index in [9.17, 15) is 4.79 Å². The number of benzene rings is 1. The normalized spacial score (nSPS) is 14.1. The molecule has 0 aromatic heterocycles. The summed E-state index contributed by atoms with van der Waals surface area (Å²) >= 11 is 5.94. The van der Waals surface area contributed by atoms with Crippen molar-refractivity contribution in [1.82, 2.24) is 5.32 Å². The van der Waals surface area contributed by atoms with Crippen LogP contribution in [0.3, 0.4) is 0 Å². The van der Waals surface area contributed by atoms with Crippen LogP contribution in [0.1, 0.15) is 25.5 Å². The Bertz CT molecular complexity index is 409. The molecule has 1 rings (SSSR count). The molecule has 4 nitrogen and oxygen atoms in total. The van der Waals surface area contributed by atoms with Crippen molar-refractivity contribution in [3.63, 3.8) is 0 Å². The van der Waals surface area contributed by atoms with Crippen molar-refractivity contribution in [2.75, 3.05) is 7.05 Å².